The van der Waals surface area contributed by atoms with Crippen molar-refractivity contribution in [3.63, 3.8) is 0 Å². The van der Waals surface area contributed by atoms with Gasteiger partial charge >= 0.3 is 0 Å². The molecule has 1 aliphatic rings. The molecule has 5 atom stereocenters. The van der Waals surface area contributed by atoms with Gasteiger partial charge in [0, 0.05) is 0 Å². The smallest absolute Gasteiger partial charge is 0.184 e. The predicted octanol–water partition coefficient (Wildman–Crippen LogP) is 1.62. The van der Waals surface area contributed by atoms with E-state index in [9.17, 15) is 5.11 Å². The fourth-order valence-corrected chi connectivity index (χ4v) is 2.40. The van der Waals surface area contributed by atoms with Gasteiger partial charge in [0.1, 0.15) is 24.4 Å². The molecule has 0 amide bonds. The Morgan fingerprint density at radius 1 is 0.750 bits per heavy atom. The molecule has 1 heterocycles. The highest BCUT2D eigenvalue weighted by Crippen LogP contribution is 2.27. The zero-order valence-electron chi connectivity index (χ0n) is 14.0. The molecule has 0 radical (unpaired) electrons. The third kappa shape index (κ3) is 6.32. The van der Waals surface area contributed by atoms with E-state index in [0.29, 0.717) is 19.8 Å². The number of aliphatic hydroxyl groups is 1. The lowest BCUT2D eigenvalue weighted by molar-refractivity contribution is -0.307. The topological polar surface area (TPSA) is 66.4 Å². The molecule has 6 nitrogen and oxygen atoms in total. The summed E-state index contributed by atoms with van der Waals surface area (Å²) in [5.74, 6) is 0. The van der Waals surface area contributed by atoms with E-state index in [4.69, 9.17) is 23.7 Å². The van der Waals surface area contributed by atoms with Crippen LogP contribution in [0.15, 0.2) is 50.6 Å². The summed E-state index contributed by atoms with van der Waals surface area (Å²) in [5.41, 5.74) is 0. The number of hydrogen-bond acceptors (Lipinski definition) is 6. The number of hydrogen-bond donors (Lipinski definition) is 1. The largest absolute Gasteiger partial charge is 0.375 e. The molecule has 1 fully saturated rings. The summed E-state index contributed by atoms with van der Waals surface area (Å²) in [7, 11) is 0. The molecule has 0 saturated carbocycles. The molecule has 1 saturated heterocycles. The molecular formula is C18H28O6. The highest BCUT2D eigenvalue weighted by molar-refractivity contribution is 4.94. The van der Waals surface area contributed by atoms with Crippen molar-refractivity contribution < 1.29 is 28.8 Å². The van der Waals surface area contributed by atoms with Crippen molar-refractivity contribution >= 4 is 0 Å². The molecule has 0 bridgehead atoms. The van der Waals surface area contributed by atoms with Crippen molar-refractivity contribution in [2.24, 2.45) is 0 Å². The first-order valence-corrected chi connectivity index (χ1v) is 7.89. The summed E-state index contributed by atoms with van der Waals surface area (Å²) in [4.78, 5) is 0. The van der Waals surface area contributed by atoms with Gasteiger partial charge in [0.2, 0.25) is 0 Å². The minimum atomic E-state index is -1.17. The van der Waals surface area contributed by atoms with Crippen molar-refractivity contribution in [1.29, 1.82) is 0 Å². The zero-order valence-corrected chi connectivity index (χ0v) is 14.0. The van der Waals surface area contributed by atoms with Gasteiger partial charge in [-0.25, -0.2) is 0 Å². The zero-order chi connectivity index (χ0) is 17.8. The highest BCUT2D eigenvalue weighted by atomic mass is 16.7. The van der Waals surface area contributed by atoms with Crippen LogP contribution in [0.3, 0.4) is 0 Å². The molecule has 24 heavy (non-hydrogen) atoms. The van der Waals surface area contributed by atoms with E-state index in [-0.39, 0.29) is 13.2 Å². The molecule has 1 rings (SSSR count). The predicted molar refractivity (Wildman–Crippen MR) is 91.7 cm³/mol. The van der Waals surface area contributed by atoms with Gasteiger partial charge in [-0.1, -0.05) is 24.3 Å². The van der Waals surface area contributed by atoms with Crippen LogP contribution in [0.1, 0.15) is 0 Å². The van der Waals surface area contributed by atoms with Crippen LogP contribution in [0.4, 0.5) is 0 Å². The molecule has 0 aromatic rings. The van der Waals surface area contributed by atoms with Crippen LogP contribution in [0.2, 0.25) is 0 Å². The first-order chi connectivity index (χ1) is 11.7. The summed E-state index contributed by atoms with van der Waals surface area (Å²) in [6.07, 6.45) is 3.05. The second kappa shape index (κ2) is 12.1. The van der Waals surface area contributed by atoms with E-state index < -0.39 is 30.7 Å². The van der Waals surface area contributed by atoms with Crippen LogP contribution in [-0.2, 0) is 23.7 Å². The molecule has 0 aromatic carbocycles. The second-order valence-electron chi connectivity index (χ2n) is 5.15. The standard InChI is InChI=1S/C18H28O6/c1-5-9-20-13-14-15(21-10-6-2)16(22-11-7-3)17(18(19)24-14)23-12-8-4/h5-8,14-19H,1-4,9-13H2. The van der Waals surface area contributed by atoms with E-state index >= 15 is 0 Å². The van der Waals surface area contributed by atoms with Crippen molar-refractivity contribution in [2.75, 3.05) is 33.0 Å². The van der Waals surface area contributed by atoms with Crippen LogP contribution >= 0.6 is 0 Å². The number of aliphatic hydroxyl groups excluding tert-OH is 1. The first kappa shape index (κ1) is 20.8. The van der Waals surface area contributed by atoms with Crippen LogP contribution < -0.4 is 0 Å². The monoisotopic (exact) mass is 340 g/mol. The Balaban J connectivity index is 2.92. The van der Waals surface area contributed by atoms with Gasteiger partial charge in [0.05, 0.1) is 33.0 Å². The van der Waals surface area contributed by atoms with Gasteiger partial charge in [-0.15, -0.1) is 26.3 Å². The normalized spacial score (nSPS) is 29.8. The van der Waals surface area contributed by atoms with Gasteiger partial charge < -0.3 is 28.8 Å². The van der Waals surface area contributed by atoms with E-state index in [1.807, 2.05) is 0 Å². The Morgan fingerprint density at radius 2 is 1.25 bits per heavy atom. The van der Waals surface area contributed by atoms with Crippen LogP contribution in [0.25, 0.3) is 0 Å². The Hall–Kier alpha value is -1.28. The minimum absolute atomic E-state index is 0.229. The van der Waals surface area contributed by atoms with Gasteiger partial charge in [0.15, 0.2) is 6.29 Å². The maximum absolute atomic E-state index is 10.3. The quantitative estimate of drug-likeness (QED) is 0.406. The lowest BCUT2D eigenvalue weighted by Gasteiger charge is -2.44. The lowest BCUT2D eigenvalue weighted by atomic mass is 9.98. The van der Waals surface area contributed by atoms with Gasteiger partial charge in [0.25, 0.3) is 0 Å². The fraction of sp³-hybridized carbons (Fsp3) is 0.556. The van der Waals surface area contributed by atoms with Gasteiger partial charge in [-0.2, -0.15) is 0 Å². The summed E-state index contributed by atoms with van der Waals surface area (Å²) in [6.45, 7) is 16.0. The average molecular weight is 340 g/mol. The SMILES string of the molecule is C=CCOCC1OC(O)C(OCC=C)C(OCC=C)C1OCC=C. The van der Waals surface area contributed by atoms with E-state index in [2.05, 4.69) is 26.3 Å². The molecule has 0 aromatic heterocycles. The summed E-state index contributed by atoms with van der Waals surface area (Å²) < 4.78 is 28.3. The molecule has 6 heteroatoms. The molecular weight excluding hydrogens is 312 g/mol. The summed E-state index contributed by atoms with van der Waals surface area (Å²) in [6, 6.07) is 0. The maximum atomic E-state index is 10.3. The molecule has 5 unspecified atom stereocenters. The third-order valence-electron chi connectivity index (χ3n) is 3.35. The van der Waals surface area contributed by atoms with Gasteiger partial charge in [-0.3, -0.25) is 0 Å². The molecule has 0 spiro atoms. The fourth-order valence-electron chi connectivity index (χ4n) is 2.40. The number of ether oxygens (including phenoxy) is 5. The van der Waals surface area contributed by atoms with Crippen molar-refractivity contribution in [3.8, 4) is 0 Å². The van der Waals surface area contributed by atoms with Crippen LogP contribution in [-0.4, -0.2) is 68.8 Å². The lowest BCUT2D eigenvalue weighted by Crippen LogP contribution is -2.61. The van der Waals surface area contributed by atoms with Crippen molar-refractivity contribution in [3.05, 3.63) is 50.6 Å². The Kier molecular flexibility index (Phi) is 10.5. The Labute approximate surface area is 144 Å². The third-order valence-corrected chi connectivity index (χ3v) is 3.35. The Morgan fingerprint density at radius 3 is 1.79 bits per heavy atom. The highest BCUT2D eigenvalue weighted by Gasteiger charge is 2.47. The molecule has 1 aliphatic heterocycles. The Bertz CT molecular complexity index is 397. The average Bonchev–Trinajstić information content (AvgIpc) is 2.58. The number of rotatable bonds is 13. The van der Waals surface area contributed by atoms with Crippen LogP contribution in [0.5, 0.6) is 0 Å². The van der Waals surface area contributed by atoms with Gasteiger partial charge in [-0.05, 0) is 0 Å². The van der Waals surface area contributed by atoms with E-state index in [1.165, 1.54) is 0 Å². The van der Waals surface area contributed by atoms with E-state index in [1.54, 1.807) is 24.3 Å². The molecule has 1 N–H and O–H groups in total. The van der Waals surface area contributed by atoms with Crippen LogP contribution in [0, 0.1) is 0 Å². The molecule has 0 aliphatic carbocycles. The van der Waals surface area contributed by atoms with Crippen molar-refractivity contribution in [2.45, 2.75) is 30.7 Å². The van der Waals surface area contributed by atoms with E-state index in [0.717, 1.165) is 0 Å². The maximum Gasteiger partial charge on any atom is 0.184 e. The summed E-state index contributed by atoms with van der Waals surface area (Å²) in [5, 5.41) is 10.3. The second-order valence-corrected chi connectivity index (χ2v) is 5.15. The summed E-state index contributed by atoms with van der Waals surface area (Å²) >= 11 is 0. The first-order valence-electron chi connectivity index (χ1n) is 7.89. The van der Waals surface area contributed by atoms with Crippen molar-refractivity contribution in [1.82, 2.24) is 0 Å². The molecule has 136 valence electrons. The minimum Gasteiger partial charge on any atom is -0.375 e.